The molecule has 0 radical (unpaired) electrons. The summed E-state index contributed by atoms with van der Waals surface area (Å²) in [6.07, 6.45) is 1.27. The quantitative estimate of drug-likeness (QED) is 0.923. The Hall–Kier alpha value is -1.20. The van der Waals surface area contributed by atoms with E-state index in [0.717, 1.165) is 6.42 Å². The second-order valence-electron chi connectivity index (χ2n) is 5.40. The maximum atomic E-state index is 14.3. The van der Waals surface area contributed by atoms with Crippen LogP contribution in [-0.2, 0) is 11.2 Å². The molecule has 1 heterocycles. The molecule has 0 aliphatic carbocycles. The summed E-state index contributed by atoms with van der Waals surface area (Å²) in [5.41, 5.74) is 6.50. The Labute approximate surface area is 118 Å². The molecular formula is C15H22F2N2O. The van der Waals surface area contributed by atoms with Crippen LogP contribution in [0.15, 0.2) is 12.1 Å². The third-order valence-electron chi connectivity index (χ3n) is 3.75. The van der Waals surface area contributed by atoms with Gasteiger partial charge < -0.3 is 15.4 Å². The summed E-state index contributed by atoms with van der Waals surface area (Å²) in [6.45, 7) is 5.34. The lowest BCUT2D eigenvalue weighted by molar-refractivity contribution is 0.0982. The van der Waals surface area contributed by atoms with Crippen LogP contribution in [0.25, 0.3) is 0 Å². The van der Waals surface area contributed by atoms with Crippen molar-refractivity contribution in [3.8, 4) is 0 Å². The fraction of sp³-hybridized carbons (Fsp3) is 0.600. The van der Waals surface area contributed by atoms with E-state index in [1.807, 2.05) is 13.8 Å². The minimum atomic E-state index is -0.517. The Kier molecular flexibility index (Phi) is 4.94. The molecule has 1 saturated heterocycles. The molecule has 0 bridgehead atoms. The van der Waals surface area contributed by atoms with E-state index in [0.29, 0.717) is 31.7 Å². The minimum absolute atomic E-state index is 0.0310. The molecule has 0 saturated carbocycles. The number of benzene rings is 1. The molecule has 1 fully saturated rings. The van der Waals surface area contributed by atoms with Crippen molar-refractivity contribution in [2.24, 2.45) is 5.73 Å². The van der Waals surface area contributed by atoms with Gasteiger partial charge in [0.25, 0.3) is 0 Å². The molecule has 1 aliphatic rings. The van der Waals surface area contributed by atoms with Gasteiger partial charge in [-0.15, -0.1) is 0 Å². The maximum Gasteiger partial charge on any atom is 0.149 e. The Morgan fingerprint density at radius 2 is 2.05 bits per heavy atom. The standard InChI is InChI=1S/C15H22F2N2O/c1-3-12(18)6-11-7-13(16)15(14(17)8-11)19-4-5-20-9-10(19)2/h7-8,10,12H,3-6,9,18H2,1-2H3. The second-order valence-corrected chi connectivity index (χ2v) is 5.40. The Bertz CT molecular complexity index is 444. The van der Waals surface area contributed by atoms with Gasteiger partial charge in [0.1, 0.15) is 17.3 Å². The number of hydrogen-bond acceptors (Lipinski definition) is 3. The van der Waals surface area contributed by atoms with Gasteiger partial charge in [-0.3, -0.25) is 0 Å². The fourth-order valence-corrected chi connectivity index (χ4v) is 2.52. The Morgan fingerprint density at radius 3 is 2.60 bits per heavy atom. The van der Waals surface area contributed by atoms with Gasteiger partial charge in [-0.2, -0.15) is 0 Å². The molecule has 1 aliphatic heterocycles. The predicted molar refractivity (Wildman–Crippen MR) is 76.0 cm³/mol. The Morgan fingerprint density at radius 1 is 1.40 bits per heavy atom. The van der Waals surface area contributed by atoms with E-state index in [1.165, 1.54) is 12.1 Å². The van der Waals surface area contributed by atoms with Gasteiger partial charge in [-0.05, 0) is 37.5 Å². The number of rotatable bonds is 4. The third kappa shape index (κ3) is 3.27. The lowest BCUT2D eigenvalue weighted by Gasteiger charge is -2.35. The second kappa shape index (κ2) is 6.50. The van der Waals surface area contributed by atoms with Crippen molar-refractivity contribution in [1.29, 1.82) is 0 Å². The van der Waals surface area contributed by atoms with Crippen molar-refractivity contribution in [2.75, 3.05) is 24.7 Å². The first-order valence-electron chi connectivity index (χ1n) is 7.10. The summed E-state index contributed by atoms with van der Waals surface area (Å²) in [7, 11) is 0. The number of ether oxygens (including phenoxy) is 1. The first-order valence-corrected chi connectivity index (χ1v) is 7.10. The number of morpholine rings is 1. The van der Waals surface area contributed by atoms with Crippen LogP contribution in [0.4, 0.5) is 14.5 Å². The SMILES string of the molecule is CCC(N)Cc1cc(F)c(N2CCOCC2C)c(F)c1. The highest BCUT2D eigenvalue weighted by Gasteiger charge is 2.25. The number of hydrogen-bond donors (Lipinski definition) is 1. The van der Waals surface area contributed by atoms with Gasteiger partial charge in [0.05, 0.1) is 13.2 Å². The van der Waals surface area contributed by atoms with Gasteiger partial charge in [0.15, 0.2) is 0 Å². The molecule has 1 aromatic rings. The molecule has 0 amide bonds. The monoisotopic (exact) mass is 284 g/mol. The fourth-order valence-electron chi connectivity index (χ4n) is 2.52. The topological polar surface area (TPSA) is 38.5 Å². The lowest BCUT2D eigenvalue weighted by Crippen LogP contribution is -2.44. The molecular weight excluding hydrogens is 262 g/mol. The summed E-state index contributed by atoms with van der Waals surface area (Å²) < 4.78 is 33.8. The van der Waals surface area contributed by atoms with Gasteiger partial charge in [-0.25, -0.2) is 8.78 Å². The minimum Gasteiger partial charge on any atom is -0.377 e. The zero-order valence-electron chi connectivity index (χ0n) is 12.0. The summed E-state index contributed by atoms with van der Waals surface area (Å²) >= 11 is 0. The molecule has 20 heavy (non-hydrogen) atoms. The summed E-state index contributed by atoms with van der Waals surface area (Å²) in [4.78, 5) is 1.73. The number of nitrogens with zero attached hydrogens (tertiary/aromatic N) is 1. The first-order chi connectivity index (χ1) is 9.52. The van der Waals surface area contributed by atoms with E-state index in [1.54, 1.807) is 4.90 Å². The summed E-state index contributed by atoms with van der Waals surface area (Å²) in [5, 5.41) is 0. The lowest BCUT2D eigenvalue weighted by atomic mass is 10.0. The van der Waals surface area contributed by atoms with E-state index in [2.05, 4.69) is 0 Å². The zero-order chi connectivity index (χ0) is 14.7. The van der Waals surface area contributed by atoms with Crippen LogP contribution in [0, 0.1) is 11.6 Å². The molecule has 0 spiro atoms. The molecule has 2 rings (SSSR count). The van der Waals surface area contributed by atoms with Crippen LogP contribution in [0.3, 0.4) is 0 Å². The van der Waals surface area contributed by atoms with Crippen LogP contribution >= 0.6 is 0 Å². The van der Waals surface area contributed by atoms with Crippen LogP contribution in [-0.4, -0.2) is 31.8 Å². The molecule has 2 unspecified atom stereocenters. The zero-order valence-corrected chi connectivity index (χ0v) is 12.0. The highest BCUT2D eigenvalue weighted by atomic mass is 19.1. The number of halogens is 2. The Balaban J connectivity index is 2.26. The average molecular weight is 284 g/mol. The molecule has 0 aromatic heterocycles. The van der Waals surface area contributed by atoms with Crippen LogP contribution in [0.2, 0.25) is 0 Å². The van der Waals surface area contributed by atoms with Gasteiger partial charge >= 0.3 is 0 Å². The van der Waals surface area contributed by atoms with E-state index >= 15 is 0 Å². The molecule has 3 nitrogen and oxygen atoms in total. The van der Waals surface area contributed by atoms with Crippen molar-refractivity contribution >= 4 is 5.69 Å². The van der Waals surface area contributed by atoms with Crippen LogP contribution in [0.1, 0.15) is 25.8 Å². The molecule has 112 valence electrons. The smallest absolute Gasteiger partial charge is 0.149 e. The molecule has 2 N–H and O–H groups in total. The van der Waals surface area contributed by atoms with Crippen molar-refractivity contribution < 1.29 is 13.5 Å². The predicted octanol–water partition coefficient (Wildman–Crippen LogP) is 2.47. The van der Waals surface area contributed by atoms with Crippen molar-refractivity contribution in [3.05, 3.63) is 29.3 Å². The molecule has 5 heteroatoms. The number of nitrogens with two attached hydrogens (primary N) is 1. The van der Waals surface area contributed by atoms with Crippen molar-refractivity contribution in [2.45, 2.75) is 38.8 Å². The third-order valence-corrected chi connectivity index (χ3v) is 3.75. The van der Waals surface area contributed by atoms with E-state index in [4.69, 9.17) is 10.5 Å². The van der Waals surface area contributed by atoms with Crippen molar-refractivity contribution in [1.82, 2.24) is 0 Å². The van der Waals surface area contributed by atoms with E-state index in [9.17, 15) is 8.78 Å². The summed E-state index contributed by atoms with van der Waals surface area (Å²) in [5.74, 6) is -1.03. The largest absolute Gasteiger partial charge is 0.377 e. The normalized spacial score (nSPS) is 21.1. The maximum absolute atomic E-state index is 14.3. The summed E-state index contributed by atoms with van der Waals surface area (Å²) in [6, 6.07) is 2.70. The average Bonchev–Trinajstić information content (AvgIpc) is 2.40. The first kappa shape index (κ1) is 15.2. The van der Waals surface area contributed by atoms with E-state index in [-0.39, 0.29) is 17.8 Å². The van der Waals surface area contributed by atoms with Gasteiger partial charge in [0.2, 0.25) is 0 Å². The molecule has 1 aromatic carbocycles. The highest BCUT2D eigenvalue weighted by Crippen LogP contribution is 2.28. The van der Waals surface area contributed by atoms with Crippen molar-refractivity contribution in [3.63, 3.8) is 0 Å². The molecule has 2 atom stereocenters. The van der Waals surface area contributed by atoms with Crippen LogP contribution < -0.4 is 10.6 Å². The van der Waals surface area contributed by atoms with Gasteiger partial charge in [0, 0.05) is 18.6 Å². The van der Waals surface area contributed by atoms with Gasteiger partial charge in [-0.1, -0.05) is 6.92 Å². The van der Waals surface area contributed by atoms with E-state index < -0.39 is 11.6 Å². The number of anilines is 1. The van der Waals surface area contributed by atoms with Crippen LogP contribution in [0.5, 0.6) is 0 Å². The highest BCUT2D eigenvalue weighted by molar-refractivity contribution is 5.52.